The summed E-state index contributed by atoms with van der Waals surface area (Å²) in [7, 11) is -3.43. The fourth-order valence-corrected chi connectivity index (χ4v) is 3.89. The predicted molar refractivity (Wildman–Crippen MR) is 97.5 cm³/mol. The minimum Gasteiger partial charge on any atom is -0.452 e. The Kier molecular flexibility index (Phi) is 8.59. The van der Waals surface area contributed by atoms with Gasteiger partial charge in [-0.15, -0.1) is 0 Å². The number of carbonyl (C=O) groups excluding carboxylic acids is 2. The smallest absolute Gasteiger partial charge is 0.356 e. The second kappa shape index (κ2) is 10.7. The Morgan fingerprint density at radius 3 is 2.32 bits per heavy atom. The van der Waals surface area contributed by atoms with Gasteiger partial charge in [0.2, 0.25) is 6.29 Å². The summed E-state index contributed by atoms with van der Waals surface area (Å²) in [5.74, 6) is -1.18. The summed E-state index contributed by atoms with van der Waals surface area (Å²) in [6.07, 6.45) is -3.17. The van der Waals surface area contributed by atoms with Crippen LogP contribution in [-0.4, -0.2) is 50.2 Å². The summed E-state index contributed by atoms with van der Waals surface area (Å²) in [6, 6.07) is 8.39. The van der Waals surface area contributed by atoms with Gasteiger partial charge in [0.1, 0.15) is 0 Å². The van der Waals surface area contributed by atoms with E-state index in [0.29, 0.717) is 5.56 Å². The van der Waals surface area contributed by atoms with Gasteiger partial charge in [-0.1, -0.05) is 18.2 Å². The highest BCUT2D eigenvalue weighted by Crippen LogP contribution is 2.48. The molecule has 1 aromatic carbocycles. The SMILES string of the molecule is CCOP(=O)(CO[C@@H]1C[C@@H](OC(=O)c2ccccc2)C(OC(C)=O)O1)OCC. The monoisotopic (exact) mass is 416 g/mol. The molecule has 2 rings (SSSR count). The number of hydrogen-bond acceptors (Lipinski definition) is 9. The van der Waals surface area contributed by atoms with Crippen molar-refractivity contribution in [3.05, 3.63) is 35.9 Å². The molecule has 9 nitrogen and oxygen atoms in total. The van der Waals surface area contributed by atoms with Crippen LogP contribution in [0.25, 0.3) is 0 Å². The third-order valence-corrected chi connectivity index (χ3v) is 5.40. The van der Waals surface area contributed by atoms with Crippen molar-refractivity contribution in [3.63, 3.8) is 0 Å². The first-order valence-corrected chi connectivity index (χ1v) is 10.7. The Labute approximate surface area is 163 Å². The summed E-state index contributed by atoms with van der Waals surface area (Å²) in [4.78, 5) is 23.6. The molecule has 1 saturated heterocycles. The third kappa shape index (κ3) is 6.68. The molecule has 1 unspecified atom stereocenters. The lowest BCUT2D eigenvalue weighted by Gasteiger charge is -2.19. The van der Waals surface area contributed by atoms with E-state index in [1.54, 1.807) is 44.2 Å². The van der Waals surface area contributed by atoms with Crippen molar-refractivity contribution in [1.82, 2.24) is 0 Å². The van der Waals surface area contributed by atoms with E-state index in [9.17, 15) is 14.2 Å². The van der Waals surface area contributed by atoms with E-state index >= 15 is 0 Å². The summed E-state index contributed by atoms with van der Waals surface area (Å²) < 4.78 is 44.2. The molecule has 1 fully saturated rings. The number of hydrogen-bond donors (Lipinski definition) is 0. The van der Waals surface area contributed by atoms with Crippen LogP contribution in [0, 0.1) is 0 Å². The van der Waals surface area contributed by atoms with Gasteiger partial charge < -0.3 is 28.0 Å². The molecular formula is C18H25O9P. The highest BCUT2D eigenvalue weighted by molar-refractivity contribution is 7.53. The van der Waals surface area contributed by atoms with Gasteiger partial charge in [0.25, 0.3) is 0 Å². The Morgan fingerprint density at radius 1 is 1.11 bits per heavy atom. The van der Waals surface area contributed by atoms with Crippen LogP contribution in [0.1, 0.15) is 37.6 Å². The van der Waals surface area contributed by atoms with E-state index in [1.165, 1.54) is 6.92 Å². The second-order valence-corrected chi connectivity index (χ2v) is 7.83. The zero-order chi connectivity index (χ0) is 20.6. The normalized spacial score (nSPS) is 22.0. The van der Waals surface area contributed by atoms with Gasteiger partial charge in [-0.05, 0) is 26.0 Å². The molecule has 1 aliphatic heterocycles. The molecule has 1 aliphatic rings. The molecular weight excluding hydrogens is 391 g/mol. The standard InChI is InChI=1S/C18H25O9P/c1-4-23-28(21,24-5-2)12-22-16-11-15(18(27-16)25-13(3)19)26-17(20)14-9-7-6-8-10-14/h6-10,15-16,18H,4-5,11-12H2,1-3H3/t15-,16+,18?/m1/s1. The maximum Gasteiger partial charge on any atom is 0.356 e. The number of ether oxygens (including phenoxy) is 4. The lowest BCUT2D eigenvalue weighted by Crippen LogP contribution is -2.31. The van der Waals surface area contributed by atoms with Crippen LogP contribution < -0.4 is 0 Å². The molecule has 1 aromatic rings. The molecule has 0 spiro atoms. The molecule has 0 saturated carbocycles. The molecule has 3 atom stereocenters. The van der Waals surface area contributed by atoms with Gasteiger partial charge >= 0.3 is 19.5 Å². The van der Waals surface area contributed by atoms with Crippen LogP contribution >= 0.6 is 7.60 Å². The molecule has 156 valence electrons. The fourth-order valence-electron chi connectivity index (χ4n) is 2.53. The first-order valence-electron chi connectivity index (χ1n) is 8.95. The second-order valence-electron chi connectivity index (χ2n) is 5.83. The summed E-state index contributed by atoms with van der Waals surface area (Å²) >= 11 is 0. The average molecular weight is 416 g/mol. The van der Waals surface area contributed by atoms with Gasteiger partial charge in [-0.2, -0.15) is 0 Å². The number of carbonyl (C=O) groups is 2. The van der Waals surface area contributed by atoms with Crippen LogP contribution in [0.15, 0.2) is 30.3 Å². The molecule has 0 bridgehead atoms. The van der Waals surface area contributed by atoms with E-state index in [2.05, 4.69) is 0 Å². The van der Waals surface area contributed by atoms with E-state index in [0.717, 1.165) is 0 Å². The van der Waals surface area contributed by atoms with Crippen molar-refractivity contribution in [1.29, 1.82) is 0 Å². The first kappa shape index (κ1) is 22.5. The van der Waals surface area contributed by atoms with Gasteiger partial charge in [0, 0.05) is 13.3 Å². The molecule has 0 N–H and O–H groups in total. The fraction of sp³-hybridized carbons (Fsp3) is 0.556. The number of benzene rings is 1. The van der Waals surface area contributed by atoms with E-state index in [4.69, 9.17) is 28.0 Å². The van der Waals surface area contributed by atoms with Crippen molar-refractivity contribution in [2.45, 2.75) is 45.9 Å². The minimum atomic E-state index is -3.43. The number of rotatable bonds is 10. The van der Waals surface area contributed by atoms with Gasteiger partial charge in [0.15, 0.2) is 18.7 Å². The molecule has 1 heterocycles. The van der Waals surface area contributed by atoms with Crippen LogP contribution in [0.2, 0.25) is 0 Å². The Hall–Kier alpha value is -1.77. The summed E-state index contributed by atoms with van der Waals surface area (Å²) in [5.41, 5.74) is 0.352. The van der Waals surface area contributed by atoms with E-state index in [-0.39, 0.29) is 26.0 Å². The van der Waals surface area contributed by atoms with Crippen molar-refractivity contribution in [3.8, 4) is 0 Å². The molecule has 28 heavy (non-hydrogen) atoms. The van der Waals surface area contributed by atoms with Crippen LogP contribution in [0.4, 0.5) is 0 Å². The van der Waals surface area contributed by atoms with Crippen LogP contribution in [-0.2, 0) is 37.4 Å². The van der Waals surface area contributed by atoms with Crippen LogP contribution in [0.3, 0.4) is 0 Å². The highest BCUT2D eigenvalue weighted by atomic mass is 31.2. The van der Waals surface area contributed by atoms with Gasteiger partial charge in [-0.3, -0.25) is 9.36 Å². The number of esters is 2. The lowest BCUT2D eigenvalue weighted by atomic mass is 10.2. The lowest BCUT2D eigenvalue weighted by molar-refractivity contribution is -0.213. The highest BCUT2D eigenvalue weighted by Gasteiger charge is 2.42. The zero-order valence-electron chi connectivity index (χ0n) is 16.1. The zero-order valence-corrected chi connectivity index (χ0v) is 17.0. The van der Waals surface area contributed by atoms with Crippen molar-refractivity contribution in [2.24, 2.45) is 0 Å². The van der Waals surface area contributed by atoms with E-state index in [1.807, 2.05) is 0 Å². The molecule has 0 aliphatic carbocycles. The summed E-state index contributed by atoms with van der Waals surface area (Å²) in [5, 5.41) is 0. The largest absolute Gasteiger partial charge is 0.452 e. The van der Waals surface area contributed by atoms with Gasteiger partial charge in [0.05, 0.1) is 18.8 Å². The molecule has 10 heteroatoms. The topological polar surface area (TPSA) is 107 Å². The maximum absolute atomic E-state index is 12.5. The third-order valence-electron chi connectivity index (χ3n) is 3.63. The van der Waals surface area contributed by atoms with Crippen molar-refractivity contribution in [2.75, 3.05) is 19.6 Å². The van der Waals surface area contributed by atoms with Crippen LogP contribution in [0.5, 0.6) is 0 Å². The Morgan fingerprint density at radius 2 is 1.75 bits per heavy atom. The van der Waals surface area contributed by atoms with E-state index < -0.39 is 38.2 Å². The van der Waals surface area contributed by atoms with Crippen molar-refractivity contribution < 1.29 is 42.1 Å². The molecule has 0 amide bonds. The summed E-state index contributed by atoms with van der Waals surface area (Å²) in [6.45, 7) is 4.98. The minimum absolute atomic E-state index is 0.0920. The van der Waals surface area contributed by atoms with Gasteiger partial charge in [-0.25, -0.2) is 4.79 Å². The Bertz CT molecular complexity index is 684. The average Bonchev–Trinajstić information content (AvgIpc) is 3.02. The quantitative estimate of drug-likeness (QED) is 0.420. The Balaban J connectivity index is 2.00. The van der Waals surface area contributed by atoms with Crippen molar-refractivity contribution >= 4 is 19.5 Å². The first-order chi connectivity index (χ1) is 13.4. The predicted octanol–water partition coefficient (Wildman–Crippen LogP) is 3.09. The molecule has 0 aromatic heterocycles. The molecule has 0 radical (unpaired) electrons. The maximum atomic E-state index is 12.5.